The number of aryl methyl sites for hydroxylation is 1. The van der Waals surface area contributed by atoms with E-state index in [-0.39, 0.29) is 12.1 Å². The van der Waals surface area contributed by atoms with Crippen molar-refractivity contribution in [3.8, 4) is 0 Å². The highest BCUT2D eigenvalue weighted by Crippen LogP contribution is 2.15. The molecule has 0 radical (unpaired) electrons. The summed E-state index contributed by atoms with van der Waals surface area (Å²) in [4.78, 5) is 11.9. The van der Waals surface area contributed by atoms with Crippen molar-refractivity contribution >= 4 is 11.7 Å². The summed E-state index contributed by atoms with van der Waals surface area (Å²) >= 11 is 0. The second-order valence-corrected chi connectivity index (χ2v) is 6.41. The maximum Gasteiger partial charge on any atom is 0.319 e. The largest absolute Gasteiger partial charge is 0.376 e. The molecule has 6 nitrogen and oxygen atoms in total. The Kier molecular flexibility index (Phi) is 6.45. The van der Waals surface area contributed by atoms with E-state index < -0.39 is 0 Å². The van der Waals surface area contributed by atoms with Crippen LogP contribution in [0.1, 0.15) is 31.2 Å². The van der Waals surface area contributed by atoms with Gasteiger partial charge in [-0.1, -0.05) is 30.3 Å². The van der Waals surface area contributed by atoms with E-state index in [0.717, 1.165) is 38.8 Å². The number of carbonyl (C=O) groups is 1. The maximum atomic E-state index is 11.9. The predicted molar refractivity (Wildman–Crippen MR) is 97.6 cm³/mol. The molecule has 1 aromatic carbocycles. The lowest BCUT2D eigenvalue weighted by molar-refractivity contribution is 0.00401. The molecular weight excluding hydrogens is 316 g/mol. The van der Waals surface area contributed by atoms with Crippen LogP contribution in [0.5, 0.6) is 0 Å². The molecule has 6 heteroatoms. The standard InChI is InChI=1S/C19H26N4O2/c24-19(20-11-6-9-16-7-2-1-3-8-16)22-17-13-21-23(14-17)15-18-10-4-5-12-25-18/h1-3,7-8,13-14,18H,4-6,9-12,15H2,(H2,20,22,24). The Morgan fingerprint density at radius 1 is 1.28 bits per heavy atom. The van der Waals surface area contributed by atoms with E-state index in [0.29, 0.717) is 12.2 Å². The lowest BCUT2D eigenvalue weighted by Gasteiger charge is -2.22. The maximum absolute atomic E-state index is 11.9. The molecular formula is C19H26N4O2. The normalized spacial score (nSPS) is 17.2. The van der Waals surface area contributed by atoms with Crippen LogP contribution >= 0.6 is 0 Å². The Bertz CT molecular complexity index is 650. The third-order valence-corrected chi connectivity index (χ3v) is 4.33. The summed E-state index contributed by atoms with van der Waals surface area (Å²) in [5.74, 6) is 0. The van der Waals surface area contributed by atoms with Gasteiger partial charge in [0.15, 0.2) is 0 Å². The van der Waals surface area contributed by atoms with Crippen LogP contribution in [-0.4, -0.2) is 35.1 Å². The van der Waals surface area contributed by atoms with E-state index in [1.54, 1.807) is 6.20 Å². The van der Waals surface area contributed by atoms with Gasteiger partial charge in [-0.3, -0.25) is 4.68 Å². The average molecular weight is 342 g/mol. The Morgan fingerprint density at radius 3 is 2.96 bits per heavy atom. The highest BCUT2D eigenvalue weighted by molar-refractivity contribution is 5.88. The Balaban J connectivity index is 1.35. The number of anilines is 1. The van der Waals surface area contributed by atoms with Crippen molar-refractivity contribution in [1.82, 2.24) is 15.1 Å². The molecule has 1 aromatic heterocycles. The molecule has 1 aliphatic heterocycles. The zero-order valence-corrected chi connectivity index (χ0v) is 14.5. The third kappa shape index (κ3) is 5.90. The van der Waals surface area contributed by atoms with Gasteiger partial charge in [0.05, 0.1) is 24.5 Å². The van der Waals surface area contributed by atoms with Crippen LogP contribution in [0.25, 0.3) is 0 Å². The molecule has 25 heavy (non-hydrogen) atoms. The number of rotatable bonds is 7. The van der Waals surface area contributed by atoms with Crippen molar-refractivity contribution in [2.75, 3.05) is 18.5 Å². The zero-order chi connectivity index (χ0) is 17.3. The summed E-state index contributed by atoms with van der Waals surface area (Å²) in [7, 11) is 0. The summed E-state index contributed by atoms with van der Waals surface area (Å²) < 4.78 is 7.55. The number of nitrogens with zero attached hydrogens (tertiary/aromatic N) is 2. The highest BCUT2D eigenvalue weighted by Gasteiger charge is 2.15. The van der Waals surface area contributed by atoms with Crippen LogP contribution in [0.15, 0.2) is 42.7 Å². The van der Waals surface area contributed by atoms with Gasteiger partial charge in [0.2, 0.25) is 0 Å². The molecule has 2 aromatic rings. The van der Waals surface area contributed by atoms with E-state index in [9.17, 15) is 4.79 Å². The van der Waals surface area contributed by atoms with Crippen LogP contribution in [-0.2, 0) is 17.7 Å². The number of ether oxygens (including phenoxy) is 1. The molecule has 1 atom stereocenters. The molecule has 1 aliphatic rings. The van der Waals surface area contributed by atoms with Crippen LogP contribution in [0, 0.1) is 0 Å². The Morgan fingerprint density at radius 2 is 2.16 bits per heavy atom. The fourth-order valence-electron chi connectivity index (χ4n) is 3.00. The number of hydrogen-bond acceptors (Lipinski definition) is 3. The van der Waals surface area contributed by atoms with Crippen LogP contribution in [0.2, 0.25) is 0 Å². The SMILES string of the molecule is O=C(NCCCc1ccccc1)Nc1cnn(CC2CCCCO2)c1. The van der Waals surface area contributed by atoms with Crippen molar-refractivity contribution in [2.24, 2.45) is 0 Å². The third-order valence-electron chi connectivity index (χ3n) is 4.33. The number of aromatic nitrogens is 2. The van der Waals surface area contributed by atoms with Gasteiger partial charge in [-0.05, 0) is 37.7 Å². The van der Waals surface area contributed by atoms with Crippen molar-refractivity contribution < 1.29 is 9.53 Å². The molecule has 134 valence electrons. The van der Waals surface area contributed by atoms with Gasteiger partial charge in [-0.2, -0.15) is 5.10 Å². The van der Waals surface area contributed by atoms with Crippen molar-refractivity contribution in [3.63, 3.8) is 0 Å². The lowest BCUT2D eigenvalue weighted by Crippen LogP contribution is -2.29. The first kappa shape index (κ1) is 17.5. The topological polar surface area (TPSA) is 68.2 Å². The molecule has 1 fully saturated rings. The van der Waals surface area contributed by atoms with Crippen LogP contribution in [0.3, 0.4) is 0 Å². The minimum Gasteiger partial charge on any atom is -0.376 e. The number of benzene rings is 1. The summed E-state index contributed by atoms with van der Waals surface area (Å²) in [6, 6.07) is 10.1. The summed E-state index contributed by atoms with van der Waals surface area (Å²) in [5, 5.41) is 10.00. The number of urea groups is 1. The van der Waals surface area contributed by atoms with E-state index in [1.807, 2.05) is 29.1 Å². The molecule has 0 saturated carbocycles. The van der Waals surface area contributed by atoms with Crippen molar-refractivity contribution in [3.05, 3.63) is 48.3 Å². The molecule has 2 amide bonds. The average Bonchev–Trinajstić information content (AvgIpc) is 3.07. The summed E-state index contributed by atoms with van der Waals surface area (Å²) in [6.45, 7) is 2.22. The number of nitrogens with one attached hydrogen (secondary N) is 2. The summed E-state index contributed by atoms with van der Waals surface area (Å²) in [5.41, 5.74) is 1.99. The second-order valence-electron chi connectivity index (χ2n) is 6.41. The molecule has 0 aliphatic carbocycles. The van der Waals surface area contributed by atoms with Gasteiger partial charge >= 0.3 is 6.03 Å². The van der Waals surface area contributed by atoms with Crippen molar-refractivity contribution in [1.29, 1.82) is 0 Å². The fourth-order valence-corrected chi connectivity index (χ4v) is 3.00. The summed E-state index contributed by atoms with van der Waals surface area (Å²) in [6.07, 6.45) is 9.05. The smallest absolute Gasteiger partial charge is 0.319 e. The van der Waals surface area contributed by atoms with E-state index >= 15 is 0 Å². The van der Waals surface area contributed by atoms with Gasteiger partial charge in [-0.15, -0.1) is 0 Å². The first-order valence-electron chi connectivity index (χ1n) is 9.02. The van der Waals surface area contributed by atoms with Gasteiger partial charge in [0, 0.05) is 19.3 Å². The molecule has 2 N–H and O–H groups in total. The number of carbonyl (C=O) groups excluding carboxylic acids is 1. The van der Waals surface area contributed by atoms with Gasteiger partial charge < -0.3 is 15.4 Å². The van der Waals surface area contributed by atoms with E-state index in [2.05, 4.69) is 27.9 Å². The van der Waals surface area contributed by atoms with E-state index in [4.69, 9.17) is 4.74 Å². The van der Waals surface area contributed by atoms with Gasteiger partial charge in [-0.25, -0.2) is 4.79 Å². The minimum absolute atomic E-state index is 0.193. The molecule has 2 heterocycles. The van der Waals surface area contributed by atoms with Gasteiger partial charge in [0.1, 0.15) is 0 Å². The molecule has 1 saturated heterocycles. The molecule has 0 bridgehead atoms. The monoisotopic (exact) mass is 342 g/mol. The fraction of sp³-hybridized carbons (Fsp3) is 0.474. The zero-order valence-electron chi connectivity index (χ0n) is 14.5. The first-order chi connectivity index (χ1) is 12.3. The highest BCUT2D eigenvalue weighted by atomic mass is 16.5. The number of hydrogen-bond donors (Lipinski definition) is 2. The van der Waals surface area contributed by atoms with Crippen molar-refractivity contribution in [2.45, 2.75) is 44.8 Å². The van der Waals surface area contributed by atoms with E-state index in [1.165, 1.54) is 12.0 Å². The predicted octanol–water partition coefficient (Wildman–Crippen LogP) is 3.21. The first-order valence-corrected chi connectivity index (χ1v) is 9.02. The lowest BCUT2D eigenvalue weighted by atomic mass is 10.1. The Labute approximate surface area is 148 Å². The number of amides is 2. The van der Waals surface area contributed by atoms with Crippen LogP contribution < -0.4 is 10.6 Å². The minimum atomic E-state index is -0.193. The molecule has 3 rings (SSSR count). The molecule has 0 spiro atoms. The van der Waals surface area contributed by atoms with Crippen LogP contribution in [0.4, 0.5) is 10.5 Å². The Hall–Kier alpha value is -2.34. The molecule has 1 unspecified atom stereocenters. The second kappa shape index (κ2) is 9.22. The van der Waals surface area contributed by atoms with Gasteiger partial charge in [0.25, 0.3) is 0 Å². The quantitative estimate of drug-likeness (QED) is 0.759.